The van der Waals surface area contributed by atoms with Gasteiger partial charge in [-0.2, -0.15) is 4.58 Å². The molecule has 3 aliphatic rings. The third kappa shape index (κ3) is 4.68. The molecule has 0 aromatic heterocycles. The molecule has 5 rings (SSSR count). The second-order valence-corrected chi connectivity index (χ2v) is 11.9. The van der Waals surface area contributed by atoms with E-state index in [1.165, 1.54) is 39.5 Å². The van der Waals surface area contributed by atoms with E-state index in [0.717, 1.165) is 37.4 Å². The van der Waals surface area contributed by atoms with Crippen LogP contribution >= 0.6 is 11.6 Å². The maximum Gasteiger partial charge on any atom is 0.209 e. The van der Waals surface area contributed by atoms with Gasteiger partial charge in [0.05, 0.1) is 11.1 Å². The molecule has 0 saturated carbocycles. The number of likely N-dealkylation sites (N-methyl/N-ethyl adjacent to an activating group) is 1. The predicted octanol–water partition coefficient (Wildman–Crippen LogP) is 5.79. The van der Waals surface area contributed by atoms with Crippen LogP contribution < -0.4 is 21.9 Å². The Bertz CT molecular complexity index is 1380. The van der Waals surface area contributed by atoms with E-state index in [-0.39, 0.29) is 33.7 Å². The van der Waals surface area contributed by atoms with Crippen LogP contribution in [-0.4, -0.2) is 23.4 Å². The fraction of sp³-hybridized carbons (Fsp3) is 0.412. The maximum absolute atomic E-state index is 7.09. The van der Waals surface area contributed by atoms with Crippen LogP contribution in [0.15, 0.2) is 88.8 Å². The van der Waals surface area contributed by atoms with Crippen LogP contribution in [0.25, 0.3) is 0 Å². The van der Waals surface area contributed by atoms with Crippen LogP contribution in [-0.2, 0) is 10.8 Å². The number of hydrogen-bond donors (Lipinski definition) is 0. The molecule has 0 spiro atoms. The highest BCUT2D eigenvalue weighted by atomic mass is 79.9. The van der Waals surface area contributed by atoms with Crippen molar-refractivity contribution in [1.29, 1.82) is 0 Å². The van der Waals surface area contributed by atoms with Crippen LogP contribution in [0.4, 0.5) is 11.4 Å². The Balaban J connectivity index is 0.00000336. The topological polar surface area (TPSA) is 6.25 Å². The fourth-order valence-electron chi connectivity index (χ4n) is 6.57. The van der Waals surface area contributed by atoms with Gasteiger partial charge in [-0.15, -0.1) is 5.73 Å². The number of hydrogen-bond acceptors (Lipinski definition) is 1. The molecule has 0 radical (unpaired) electrons. The Labute approximate surface area is 244 Å². The Morgan fingerprint density at radius 1 is 0.974 bits per heavy atom. The zero-order chi connectivity index (χ0) is 26.4. The zero-order valence-corrected chi connectivity index (χ0v) is 26.0. The van der Waals surface area contributed by atoms with Gasteiger partial charge in [0.25, 0.3) is 0 Å². The van der Waals surface area contributed by atoms with Crippen LogP contribution in [0.5, 0.6) is 0 Å². The Morgan fingerprint density at radius 2 is 1.66 bits per heavy atom. The summed E-state index contributed by atoms with van der Waals surface area (Å²) < 4.78 is 2.45. The summed E-state index contributed by atoms with van der Waals surface area (Å²) in [6.07, 6.45) is 10.1. The molecule has 0 saturated heterocycles. The van der Waals surface area contributed by atoms with E-state index < -0.39 is 0 Å². The highest BCUT2D eigenvalue weighted by molar-refractivity contribution is 6.30. The van der Waals surface area contributed by atoms with Gasteiger partial charge in [0.1, 0.15) is 6.54 Å². The predicted molar refractivity (Wildman–Crippen MR) is 158 cm³/mol. The molecule has 2 aromatic rings. The average Bonchev–Trinajstić information content (AvgIpc) is 3.25. The molecular formula is C34H40BrClN2. The van der Waals surface area contributed by atoms with E-state index in [1.807, 2.05) is 0 Å². The van der Waals surface area contributed by atoms with E-state index in [0.29, 0.717) is 0 Å². The first-order valence-electron chi connectivity index (χ1n) is 13.9. The van der Waals surface area contributed by atoms with Crippen molar-refractivity contribution in [3.05, 3.63) is 99.9 Å². The quantitative estimate of drug-likeness (QED) is 0.315. The molecule has 1 unspecified atom stereocenters. The molecular weight excluding hydrogens is 552 g/mol. The lowest BCUT2D eigenvalue weighted by molar-refractivity contribution is -0.433. The monoisotopic (exact) mass is 590 g/mol. The van der Waals surface area contributed by atoms with Crippen LogP contribution in [0, 0.1) is 5.92 Å². The van der Waals surface area contributed by atoms with Crippen LogP contribution in [0.3, 0.4) is 0 Å². The highest BCUT2D eigenvalue weighted by Gasteiger charge is 2.43. The smallest absolute Gasteiger partial charge is 0.209 e. The summed E-state index contributed by atoms with van der Waals surface area (Å²) >= 11 is 7.09. The van der Waals surface area contributed by atoms with Gasteiger partial charge < -0.3 is 21.9 Å². The largest absolute Gasteiger partial charge is 1.00 e. The van der Waals surface area contributed by atoms with Crippen molar-refractivity contribution >= 4 is 28.7 Å². The summed E-state index contributed by atoms with van der Waals surface area (Å²) in [5.74, 6) is 0.210. The molecule has 200 valence electrons. The molecule has 0 N–H and O–H groups in total. The fourth-order valence-corrected chi connectivity index (χ4v) is 6.90. The lowest BCUT2D eigenvalue weighted by Gasteiger charge is -2.25. The molecule has 0 fully saturated rings. The number of allylic oxidation sites excluding steroid dienone is 5. The van der Waals surface area contributed by atoms with Gasteiger partial charge in [0, 0.05) is 46.3 Å². The SMILES string of the molecule is CCN1C(=C=CC2CCCC(/C=C/C3=[N+](CC)c4ccccc4C3(C)C)=C2Cl)C(C)(C)c2ccccc21.[Br-]. The van der Waals surface area contributed by atoms with Crippen molar-refractivity contribution in [3.63, 3.8) is 0 Å². The minimum absolute atomic E-state index is 0. The summed E-state index contributed by atoms with van der Waals surface area (Å²) in [6.45, 7) is 15.6. The van der Waals surface area contributed by atoms with E-state index in [2.05, 4.69) is 124 Å². The molecule has 2 aromatic carbocycles. The Kier molecular flexibility index (Phi) is 8.34. The van der Waals surface area contributed by atoms with Crippen molar-refractivity contribution in [3.8, 4) is 0 Å². The first-order chi connectivity index (χ1) is 17.7. The molecule has 0 amide bonds. The van der Waals surface area contributed by atoms with Gasteiger partial charge in [-0.05, 0) is 84.1 Å². The van der Waals surface area contributed by atoms with Crippen molar-refractivity contribution < 1.29 is 21.6 Å². The second-order valence-electron chi connectivity index (χ2n) is 11.5. The van der Waals surface area contributed by atoms with Gasteiger partial charge >= 0.3 is 0 Å². The third-order valence-electron chi connectivity index (χ3n) is 8.62. The average molecular weight is 592 g/mol. The normalized spacial score (nSPS) is 21.4. The lowest BCUT2D eigenvalue weighted by Crippen LogP contribution is -3.00. The summed E-state index contributed by atoms with van der Waals surface area (Å²) in [5.41, 5.74) is 12.9. The second kappa shape index (κ2) is 11.0. The van der Waals surface area contributed by atoms with Crippen LogP contribution in [0.1, 0.15) is 71.9 Å². The summed E-state index contributed by atoms with van der Waals surface area (Å²) in [6, 6.07) is 17.5. The van der Waals surface area contributed by atoms with Crippen LogP contribution in [0.2, 0.25) is 0 Å². The lowest BCUT2D eigenvalue weighted by atomic mass is 9.81. The van der Waals surface area contributed by atoms with E-state index in [1.54, 1.807) is 0 Å². The molecule has 1 aliphatic carbocycles. The Morgan fingerprint density at radius 3 is 2.37 bits per heavy atom. The first kappa shape index (κ1) is 28.7. The van der Waals surface area contributed by atoms with E-state index in [9.17, 15) is 0 Å². The van der Waals surface area contributed by atoms with Crippen molar-refractivity contribution in [2.45, 2.75) is 71.6 Å². The molecule has 2 aliphatic heterocycles. The Hall–Kier alpha value is -2.32. The van der Waals surface area contributed by atoms with Gasteiger partial charge in [-0.3, -0.25) is 0 Å². The molecule has 2 nitrogen and oxygen atoms in total. The zero-order valence-electron chi connectivity index (χ0n) is 23.6. The van der Waals surface area contributed by atoms with Crippen molar-refractivity contribution in [2.24, 2.45) is 5.92 Å². The van der Waals surface area contributed by atoms with Gasteiger partial charge in [-0.1, -0.05) is 54.1 Å². The standard InChI is InChI=1S/C34H40ClN2.BrH/c1-7-36-28-18-11-9-16-26(28)33(3,4)30(36)22-20-24-14-13-15-25(32(24)35)21-23-31-34(5,6)27-17-10-12-19-29(27)37(31)8-2;/h9-12,16-22,25H,7-8,13-15H2,1-6H3;1H/q+1;/p-1/b22-20+;. The van der Waals surface area contributed by atoms with Gasteiger partial charge in [-0.25, -0.2) is 0 Å². The van der Waals surface area contributed by atoms with Crippen molar-refractivity contribution in [2.75, 3.05) is 18.0 Å². The minimum Gasteiger partial charge on any atom is -1.00 e. The number of rotatable bonds is 5. The number of nitrogens with zero attached hydrogens (tertiary/aromatic N) is 2. The molecule has 2 heterocycles. The summed E-state index contributed by atoms with van der Waals surface area (Å²) in [5, 5.41) is 0.976. The molecule has 0 bridgehead atoms. The molecule has 4 heteroatoms. The summed E-state index contributed by atoms with van der Waals surface area (Å²) in [7, 11) is 0. The number of halogens is 2. The third-order valence-corrected chi connectivity index (χ3v) is 9.14. The summed E-state index contributed by atoms with van der Waals surface area (Å²) in [4.78, 5) is 2.41. The van der Waals surface area contributed by atoms with Gasteiger partial charge in [0.15, 0.2) is 5.71 Å². The molecule has 1 atom stereocenters. The molecule has 38 heavy (non-hydrogen) atoms. The number of anilines is 1. The van der Waals surface area contributed by atoms with E-state index in [4.69, 9.17) is 11.6 Å². The number of para-hydroxylation sites is 2. The number of fused-ring (bicyclic) bond motifs is 2. The first-order valence-corrected chi connectivity index (χ1v) is 14.2. The van der Waals surface area contributed by atoms with Gasteiger partial charge in [0.2, 0.25) is 5.69 Å². The van der Waals surface area contributed by atoms with E-state index >= 15 is 0 Å². The van der Waals surface area contributed by atoms with Crippen molar-refractivity contribution in [1.82, 2.24) is 0 Å². The minimum atomic E-state index is -0.0694. The maximum atomic E-state index is 7.09. The highest BCUT2D eigenvalue weighted by Crippen LogP contribution is 2.47. The number of benzene rings is 2.